The van der Waals surface area contributed by atoms with Crippen LogP contribution < -0.4 is 4.74 Å². The fraction of sp³-hybridized carbons (Fsp3) is 0.455. The Labute approximate surface area is 174 Å². The van der Waals surface area contributed by atoms with Gasteiger partial charge in [-0.1, -0.05) is 50.8 Å². The molecule has 147 valence electrons. The molecule has 2 rings (SSSR count). The van der Waals surface area contributed by atoms with E-state index < -0.39 is 7.42 Å². The Bertz CT molecular complexity index is 675. The van der Waals surface area contributed by atoms with Gasteiger partial charge in [0.25, 0.3) is 7.42 Å². The highest BCUT2D eigenvalue weighted by molar-refractivity contribution is 7.33. The number of hydrogen-bond acceptors (Lipinski definition) is 2. The zero-order valence-electron chi connectivity index (χ0n) is 16.0. The van der Waals surface area contributed by atoms with Crippen LogP contribution in [-0.4, -0.2) is 19.1 Å². The predicted octanol–water partition coefficient (Wildman–Crippen LogP) is 7.31. The van der Waals surface area contributed by atoms with Gasteiger partial charge in [0.15, 0.2) is 0 Å². The zero-order valence-corrected chi connectivity index (χ0v) is 18.5. The quantitative estimate of drug-likeness (QED) is 0.220. The molecule has 0 aromatic heterocycles. The van der Waals surface area contributed by atoms with Gasteiger partial charge >= 0.3 is 0 Å². The molecule has 5 heteroatoms. The molecular formula is C22H29Cl2O2Si. The number of benzene rings is 2. The van der Waals surface area contributed by atoms with Crippen molar-refractivity contribution in [3.63, 3.8) is 0 Å². The summed E-state index contributed by atoms with van der Waals surface area (Å²) in [5.41, 5.74) is 3.38. The summed E-state index contributed by atoms with van der Waals surface area (Å²) in [6.45, 7) is 3.00. The molecule has 0 unspecified atom stereocenters. The Hall–Kier alpha value is -1.16. The summed E-state index contributed by atoms with van der Waals surface area (Å²) in [6.07, 6.45) is 7.98. The monoisotopic (exact) mass is 423 g/mol. The summed E-state index contributed by atoms with van der Waals surface area (Å²) in [7, 11) is -1.25. The van der Waals surface area contributed by atoms with Crippen molar-refractivity contribution in [2.45, 2.75) is 57.9 Å². The van der Waals surface area contributed by atoms with Crippen LogP contribution in [0.1, 0.15) is 51.0 Å². The van der Waals surface area contributed by atoms with Crippen LogP contribution in [-0.2, 0) is 6.42 Å². The normalized spacial score (nSPS) is 11.1. The van der Waals surface area contributed by atoms with Crippen LogP contribution in [0.15, 0.2) is 42.5 Å². The molecule has 1 N–H and O–H groups in total. The maximum atomic E-state index is 9.85. The Kier molecular flexibility index (Phi) is 10.1. The number of aryl methyl sites for hydroxylation is 1. The lowest BCUT2D eigenvalue weighted by Gasteiger charge is -2.12. The standard InChI is InChI=1S/C22H29Cl2O2Si/c1-2-3-4-5-6-15-26-21-12-9-18(10-13-21)22-14-11-20(25)17-19(22)8-7-16-27(23)24/h9-14,17,25H,2-8,15-16H2,1H3. The van der Waals surface area contributed by atoms with Gasteiger partial charge in [-0.25, -0.2) is 0 Å². The van der Waals surface area contributed by atoms with E-state index >= 15 is 0 Å². The van der Waals surface area contributed by atoms with Crippen molar-refractivity contribution in [2.75, 3.05) is 6.61 Å². The van der Waals surface area contributed by atoms with E-state index in [1.807, 2.05) is 24.3 Å². The van der Waals surface area contributed by atoms with Gasteiger partial charge in [-0.15, -0.1) is 22.2 Å². The lowest BCUT2D eigenvalue weighted by molar-refractivity contribution is 0.304. The van der Waals surface area contributed by atoms with Gasteiger partial charge in [0.05, 0.1) is 6.61 Å². The molecule has 0 aliphatic heterocycles. The molecule has 1 radical (unpaired) electrons. The largest absolute Gasteiger partial charge is 0.508 e. The molecule has 0 atom stereocenters. The summed E-state index contributed by atoms with van der Waals surface area (Å²) in [6, 6.07) is 14.6. The molecule has 0 bridgehead atoms. The van der Waals surface area contributed by atoms with Crippen LogP contribution in [0.2, 0.25) is 6.04 Å². The van der Waals surface area contributed by atoms with E-state index in [2.05, 4.69) is 19.1 Å². The SMILES string of the molecule is CCCCCCCOc1ccc(-c2ccc(O)cc2CCC[Si](Cl)Cl)cc1. The van der Waals surface area contributed by atoms with Gasteiger partial charge in [0.2, 0.25) is 0 Å². The van der Waals surface area contributed by atoms with Crippen molar-refractivity contribution < 1.29 is 9.84 Å². The Morgan fingerprint density at radius 1 is 0.926 bits per heavy atom. The number of phenolic OH excluding ortho intramolecular Hbond substituents is 1. The summed E-state index contributed by atoms with van der Waals surface area (Å²) in [5, 5.41) is 9.85. The maximum Gasteiger partial charge on any atom is 0.273 e. The molecule has 0 amide bonds. The van der Waals surface area contributed by atoms with Crippen molar-refractivity contribution >= 4 is 29.6 Å². The molecule has 0 aliphatic rings. The average molecular weight is 424 g/mol. The number of aromatic hydroxyl groups is 1. The van der Waals surface area contributed by atoms with E-state index in [1.165, 1.54) is 25.7 Å². The van der Waals surface area contributed by atoms with Gasteiger partial charge < -0.3 is 9.84 Å². The minimum Gasteiger partial charge on any atom is -0.508 e. The van der Waals surface area contributed by atoms with Crippen molar-refractivity contribution in [3.05, 3.63) is 48.0 Å². The fourth-order valence-electron chi connectivity index (χ4n) is 3.11. The number of rotatable bonds is 12. The van der Waals surface area contributed by atoms with E-state index in [-0.39, 0.29) is 0 Å². The van der Waals surface area contributed by atoms with Crippen molar-refractivity contribution in [1.82, 2.24) is 0 Å². The Morgan fingerprint density at radius 2 is 1.67 bits per heavy atom. The molecule has 2 nitrogen and oxygen atoms in total. The number of unbranched alkanes of at least 4 members (excludes halogenated alkanes) is 4. The maximum absolute atomic E-state index is 9.85. The molecule has 27 heavy (non-hydrogen) atoms. The van der Waals surface area contributed by atoms with E-state index in [1.54, 1.807) is 6.07 Å². The second-order valence-corrected chi connectivity index (χ2v) is 11.3. The van der Waals surface area contributed by atoms with Crippen LogP contribution in [0.25, 0.3) is 11.1 Å². The summed E-state index contributed by atoms with van der Waals surface area (Å²) in [5.74, 6) is 1.20. The number of phenols is 1. The van der Waals surface area contributed by atoms with E-state index in [0.717, 1.165) is 54.4 Å². The van der Waals surface area contributed by atoms with Gasteiger partial charge in [-0.05, 0) is 66.3 Å². The van der Waals surface area contributed by atoms with Crippen LogP contribution in [0, 0.1) is 0 Å². The lowest BCUT2D eigenvalue weighted by atomic mass is 9.96. The zero-order chi connectivity index (χ0) is 19.5. The second kappa shape index (κ2) is 12.3. The first-order chi connectivity index (χ1) is 13.1. The summed E-state index contributed by atoms with van der Waals surface area (Å²) in [4.78, 5) is 0. The molecule has 2 aromatic carbocycles. The third-order valence-electron chi connectivity index (χ3n) is 4.58. The molecule has 0 aliphatic carbocycles. The number of hydrogen-bond donors (Lipinski definition) is 1. The van der Waals surface area contributed by atoms with Gasteiger partial charge in [0, 0.05) is 0 Å². The highest BCUT2D eigenvalue weighted by atomic mass is 35.7. The van der Waals surface area contributed by atoms with Crippen molar-refractivity contribution in [3.8, 4) is 22.6 Å². The highest BCUT2D eigenvalue weighted by Crippen LogP contribution is 2.30. The number of halogens is 2. The summed E-state index contributed by atoms with van der Waals surface area (Å²) < 4.78 is 5.85. The van der Waals surface area contributed by atoms with Gasteiger partial charge in [0.1, 0.15) is 11.5 Å². The van der Waals surface area contributed by atoms with E-state index in [0.29, 0.717) is 5.75 Å². The molecule has 2 aromatic rings. The van der Waals surface area contributed by atoms with Crippen LogP contribution >= 0.6 is 22.2 Å². The predicted molar refractivity (Wildman–Crippen MR) is 118 cm³/mol. The molecule has 0 fully saturated rings. The molecular weight excluding hydrogens is 395 g/mol. The molecule has 0 saturated heterocycles. The molecule has 0 spiro atoms. The first-order valence-corrected chi connectivity index (χ1v) is 13.5. The fourth-order valence-corrected chi connectivity index (χ4v) is 4.35. The van der Waals surface area contributed by atoms with Crippen molar-refractivity contribution in [2.24, 2.45) is 0 Å². The molecule has 0 heterocycles. The second-order valence-electron chi connectivity index (χ2n) is 6.82. The van der Waals surface area contributed by atoms with E-state index in [4.69, 9.17) is 26.9 Å². The highest BCUT2D eigenvalue weighted by Gasteiger charge is 2.09. The first kappa shape index (κ1) is 22.1. The molecule has 0 saturated carbocycles. The van der Waals surface area contributed by atoms with Crippen LogP contribution in [0.4, 0.5) is 0 Å². The average Bonchev–Trinajstić information content (AvgIpc) is 2.65. The minimum absolute atomic E-state index is 0.291. The Morgan fingerprint density at radius 3 is 2.37 bits per heavy atom. The lowest BCUT2D eigenvalue weighted by Crippen LogP contribution is -1.98. The Balaban J connectivity index is 1.95. The third kappa shape index (κ3) is 8.16. The first-order valence-electron chi connectivity index (χ1n) is 9.82. The minimum atomic E-state index is -1.25. The smallest absolute Gasteiger partial charge is 0.273 e. The van der Waals surface area contributed by atoms with E-state index in [9.17, 15) is 5.11 Å². The topological polar surface area (TPSA) is 29.5 Å². The van der Waals surface area contributed by atoms with Crippen molar-refractivity contribution in [1.29, 1.82) is 0 Å². The third-order valence-corrected chi connectivity index (χ3v) is 6.45. The van der Waals surface area contributed by atoms with Gasteiger partial charge in [-0.2, -0.15) is 0 Å². The summed E-state index contributed by atoms with van der Waals surface area (Å²) >= 11 is 11.9. The van der Waals surface area contributed by atoms with Crippen LogP contribution in [0.3, 0.4) is 0 Å². The number of ether oxygens (including phenoxy) is 1. The van der Waals surface area contributed by atoms with Crippen LogP contribution in [0.5, 0.6) is 11.5 Å². The van der Waals surface area contributed by atoms with Gasteiger partial charge in [-0.3, -0.25) is 0 Å².